The molecule has 0 aliphatic carbocycles. The molecular weight excluding hydrogens is 224 g/mol. The van der Waals surface area contributed by atoms with Crippen LogP contribution in [0, 0.1) is 0 Å². The van der Waals surface area contributed by atoms with Crippen LogP contribution in [0.4, 0.5) is 0 Å². The molecule has 1 fully saturated rings. The Balaban J connectivity index is 2.64. The topological polar surface area (TPSA) is 43.4 Å². The minimum absolute atomic E-state index is 0.364. The van der Waals surface area contributed by atoms with Crippen molar-refractivity contribution in [2.45, 2.75) is 50.2 Å². The molecule has 0 amide bonds. The largest absolute Gasteiger partial charge is 0.502 e. The summed E-state index contributed by atoms with van der Waals surface area (Å²) in [5.41, 5.74) is 0. The van der Waals surface area contributed by atoms with Crippen LogP contribution in [-0.2, 0) is 14.6 Å². The summed E-state index contributed by atoms with van der Waals surface area (Å²) in [7, 11) is -2.90. The van der Waals surface area contributed by atoms with Crippen LogP contribution in [-0.4, -0.2) is 25.5 Å². The van der Waals surface area contributed by atoms with Crippen molar-refractivity contribution in [3.63, 3.8) is 0 Å². The molecule has 1 rings (SSSR count). The van der Waals surface area contributed by atoms with Crippen LogP contribution in [0.2, 0.25) is 0 Å². The lowest BCUT2D eigenvalue weighted by Gasteiger charge is -2.36. The van der Waals surface area contributed by atoms with Crippen LogP contribution >= 0.6 is 0 Å². The van der Waals surface area contributed by atoms with Crippen molar-refractivity contribution in [1.82, 2.24) is 0 Å². The maximum atomic E-state index is 12.1. The SMILES string of the molecule is C=COCCCC1(CC)CCCCS1(=O)=O. The lowest BCUT2D eigenvalue weighted by Crippen LogP contribution is -2.42. The second kappa shape index (κ2) is 5.71. The van der Waals surface area contributed by atoms with Gasteiger partial charge in [0.05, 0.1) is 23.4 Å². The van der Waals surface area contributed by atoms with Crippen molar-refractivity contribution in [2.24, 2.45) is 0 Å². The van der Waals surface area contributed by atoms with Crippen LogP contribution in [0.5, 0.6) is 0 Å². The molecule has 0 spiro atoms. The van der Waals surface area contributed by atoms with Crippen molar-refractivity contribution < 1.29 is 13.2 Å². The first-order valence-electron chi connectivity index (χ1n) is 6.03. The molecule has 16 heavy (non-hydrogen) atoms. The predicted molar refractivity (Wildman–Crippen MR) is 66.0 cm³/mol. The summed E-state index contributed by atoms with van der Waals surface area (Å²) >= 11 is 0. The minimum atomic E-state index is -2.90. The van der Waals surface area contributed by atoms with Gasteiger partial charge in [0.2, 0.25) is 0 Å². The van der Waals surface area contributed by atoms with E-state index in [0.717, 1.165) is 38.5 Å². The summed E-state index contributed by atoms with van der Waals surface area (Å²) in [4.78, 5) is 0. The molecule has 0 bridgehead atoms. The minimum Gasteiger partial charge on any atom is -0.502 e. The highest BCUT2D eigenvalue weighted by atomic mass is 32.2. The quantitative estimate of drug-likeness (QED) is 0.534. The molecule has 1 aliphatic rings. The lowest BCUT2D eigenvalue weighted by atomic mass is 9.93. The molecule has 94 valence electrons. The van der Waals surface area contributed by atoms with E-state index in [1.165, 1.54) is 6.26 Å². The van der Waals surface area contributed by atoms with Crippen molar-refractivity contribution in [3.8, 4) is 0 Å². The predicted octanol–water partition coefficient (Wildman–Crippen LogP) is 2.67. The molecule has 1 saturated heterocycles. The Hall–Kier alpha value is -0.510. The highest BCUT2D eigenvalue weighted by Crippen LogP contribution is 2.37. The second-order valence-corrected chi connectivity index (χ2v) is 6.96. The maximum absolute atomic E-state index is 12.1. The molecule has 0 aromatic carbocycles. The Kier molecular flexibility index (Phi) is 4.84. The van der Waals surface area contributed by atoms with Gasteiger partial charge in [-0.1, -0.05) is 19.9 Å². The fourth-order valence-electron chi connectivity index (χ4n) is 2.53. The zero-order valence-corrected chi connectivity index (χ0v) is 10.9. The van der Waals surface area contributed by atoms with Gasteiger partial charge in [-0.15, -0.1) is 0 Å². The maximum Gasteiger partial charge on any atom is 0.155 e. The molecule has 1 heterocycles. The van der Waals surface area contributed by atoms with E-state index in [1.54, 1.807) is 0 Å². The first-order valence-corrected chi connectivity index (χ1v) is 7.68. The fraction of sp³-hybridized carbons (Fsp3) is 0.833. The third-order valence-electron chi connectivity index (χ3n) is 3.61. The standard InChI is InChI=1S/C12H22O3S/c1-3-12(9-7-10-15-4-2)8-5-6-11-16(12,13)14/h4H,2-3,5-11H2,1H3. The van der Waals surface area contributed by atoms with Crippen LogP contribution in [0.3, 0.4) is 0 Å². The van der Waals surface area contributed by atoms with Crippen molar-refractivity contribution in [1.29, 1.82) is 0 Å². The van der Waals surface area contributed by atoms with Crippen molar-refractivity contribution in [3.05, 3.63) is 12.8 Å². The summed E-state index contributed by atoms with van der Waals surface area (Å²) in [5, 5.41) is 0. The van der Waals surface area contributed by atoms with Gasteiger partial charge in [0, 0.05) is 0 Å². The lowest BCUT2D eigenvalue weighted by molar-refractivity contribution is 0.233. The monoisotopic (exact) mass is 246 g/mol. The summed E-state index contributed by atoms with van der Waals surface area (Å²) < 4.78 is 28.8. The van der Waals surface area contributed by atoms with E-state index in [4.69, 9.17) is 4.74 Å². The molecule has 1 unspecified atom stereocenters. The Labute approximate surface area is 98.8 Å². The second-order valence-electron chi connectivity index (χ2n) is 4.45. The van der Waals surface area contributed by atoms with Gasteiger partial charge in [-0.25, -0.2) is 8.42 Å². The molecule has 3 nitrogen and oxygen atoms in total. The molecule has 0 saturated carbocycles. The van der Waals surface area contributed by atoms with Crippen molar-refractivity contribution >= 4 is 9.84 Å². The Morgan fingerprint density at radius 1 is 1.44 bits per heavy atom. The van der Waals surface area contributed by atoms with Gasteiger partial charge in [-0.3, -0.25) is 0 Å². The summed E-state index contributed by atoms with van der Waals surface area (Å²) in [6.07, 6.45) is 6.33. The van der Waals surface area contributed by atoms with Gasteiger partial charge < -0.3 is 4.74 Å². The van der Waals surface area contributed by atoms with Crippen LogP contribution < -0.4 is 0 Å². The zero-order valence-electron chi connectivity index (χ0n) is 10.1. The van der Waals surface area contributed by atoms with E-state index < -0.39 is 14.6 Å². The number of hydrogen-bond acceptors (Lipinski definition) is 3. The first kappa shape index (κ1) is 13.6. The van der Waals surface area contributed by atoms with Gasteiger partial charge >= 0.3 is 0 Å². The summed E-state index contributed by atoms with van der Waals surface area (Å²) in [5.74, 6) is 0.364. The highest BCUT2D eigenvalue weighted by molar-refractivity contribution is 7.92. The van der Waals surface area contributed by atoms with Gasteiger partial charge in [-0.2, -0.15) is 0 Å². The molecular formula is C12H22O3S. The average molecular weight is 246 g/mol. The van der Waals surface area contributed by atoms with Gasteiger partial charge in [-0.05, 0) is 32.1 Å². The first-order chi connectivity index (χ1) is 7.58. The Morgan fingerprint density at radius 2 is 2.19 bits per heavy atom. The van der Waals surface area contributed by atoms with Crippen LogP contribution in [0.25, 0.3) is 0 Å². The van der Waals surface area contributed by atoms with E-state index in [0.29, 0.717) is 12.4 Å². The molecule has 0 aromatic heterocycles. The van der Waals surface area contributed by atoms with E-state index in [9.17, 15) is 8.42 Å². The third-order valence-corrected chi connectivity index (χ3v) is 6.45. The normalized spacial score (nSPS) is 28.6. The molecule has 0 aromatic rings. The van der Waals surface area contributed by atoms with Gasteiger partial charge in [0.15, 0.2) is 9.84 Å². The Morgan fingerprint density at radius 3 is 2.75 bits per heavy atom. The number of hydrogen-bond donors (Lipinski definition) is 0. The molecule has 1 atom stereocenters. The van der Waals surface area contributed by atoms with Gasteiger partial charge in [0.25, 0.3) is 0 Å². The number of ether oxygens (including phenoxy) is 1. The molecule has 1 aliphatic heterocycles. The molecule has 0 N–H and O–H groups in total. The molecule has 4 heteroatoms. The highest BCUT2D eigenvalue weighted by Gasteiger charge is 2.42. The van der Waals surface area contributed by atoms with Crippen LogP contribution in [0.15, 0.2) is 12.8 Å². The third kappa shape index (κ3) is 2.78. The number of sulfone groups is 1. The van der Waals surface area contributed by atoms with E-state index >= 15 is 0 Å². The van der Waals surface area contributed by atoms with Crippen LogP contribution in [0.1, 0.15) is 45.4 Å². The van der Waals surface area contributed by atoms with Crippen molar-refractivity contribution in [2.75, 3.05) is 12.4 Å². The van der Waals surface area contributed by atoms with E-state index in [-0.39, 0.29) is 0 Å². The zero-order chi connectivity index (χ0) is 12.1. The Bertz CT molecular complexity index is 321. The van der Waals surface area contributed by atoms with E-state index in [2.05, 4.69) is 6.58 Å². The summed E-state index contributed by atoms with van der Waals surface area (Å²) in [6.45, 7) is 6.02. The smallest absolute Gasteiger partial charge is 0.155 e. The molecule has 0 radical (unpaired) electrons. The number of rotatable bonds is 6. The average Bonchev–Trinajstić information content (AvgIpc) is 2.26. The fourth-order valence-corrected chi connectivity index (χ4v) is 4.89. The summed E-state index contributed by atoms with van der Waals surface area (Å²) in [6, 6.07) is 0. The van der Waals surface area contributed by atoms with E-state index in [1.807, 2.05) is 6.92 Å². The van der Waals surface area contributed by atoms with Gasteiger partial charge in [0.1, 0.15) is 0 Å².